The molecular weight excluding hydrogens is 379 g/mol. The first-order valence-electron chi connectivity index (χ1n) is 8.09. The molecule has 1 amide bonds. The van der Waals surface area contributed by atoms with E-state index >= 15 is 0 Å². The number of carbonyl (C=O) groups is 1. The Morgan fingerprint density at radius 2 is 1.67 bits per heavy atom. The van der Waals surface area contributed by atoms with Crippen molar-refractivity contribution in [1.82, 2.24) is 4.90 Å². The van der Waals surface area contributed by atoms with Crippen molar-refractivity contribution in [3.05, 3.63) is 82.8 Å². The molecule has 1 aliphatic heterocycles. The number of carbonyl (C=O) groups excluding carboxylic acids is 1. The molecule has 0 bridgehead atoms. The number of hydrogen-bond acceptors (Lipinski definition) is 3. The van der Waals surface area contributed by atoms with Crippen molar-refractivity contribution in [2.24, 2.45) is 0 Å². The molecule has 3 rings (SSSR count). The highest BCUT2D eigenvalue weighted by Gasteiger charge is 2.33. The van der Waals surface area contributed by atoms with Gasteiger partial charge in [-0.2, -0.15) is 13.2 Å². The molecule has 0 radical (unpaired) electrons. The maximum Gasteiger partial charge on any atom is 0.416 e. The molecule has 2 aromatic carbocycles. The molecule has 1 atom stereocenters. The molecule has 1 heterocycles. The molecule has 0 aromatic heterocycles. The number of sulfone groups is 1. The number of benzene rings is 2. The third-order valence-electron chi connectivity index (χ3n) is 4.23. The maximum atomic E-state index is 12.9. The third kappa shape index (κ3) is 4.57. The summed E-state index contributed by atoms with van der Waals surface area (Å²) < 4.78 is 61.7. The molecule has 8 heteroatoms. The largest absolute Gasteiger partial charge is 0.416 e. The first-order chi connectivity index (χ1) is 12.7. The van der Waals surface area contributed by atoms with Crippen molar-refractivity contribution in [2.45, 2.75) is 18.8 Å². The molecule has 27 heavy (non-hydrogen) atoms. The highest BCUT2D eigenvalue weighted by molar-refractivity contribution is 7.94. The monoisotopic (exact) mass is 395 g/mol. The molecule has 0 spiro atoms. The summed E-state index contributed by atoms with van der Waals surface area (Å²) in [6.07, 6.45) is -3.06. The molecule has 0 aliphatic carbocycles. The van der Waals surface area contributed by atoms with Crippen LogP contribution >= 0.6 is 0 Å². The van der Waals surface area contributed by atoms with Gasteiger partial charge >= 0.3 is 6.18 Å². The quantitative estimate of drug-likeness (QED) is 0.794. The van der Waals surface area contributed by atoms with Crippen LogP contribution in [0.5, 0.6) is 0 Å². The van der Waals surface area contributed by atoms with E-state index in [1.165, 1.54) is 11.0 Å². The predicted molar refractivity (Wildman–Crippen MR) is 94.5 cm³/mol. The Morgan fingerprint density at radius 3 is 2.19 bits per heavy atom. The van der Waals surface area contributed by atoms with Crippen LogP contribution in [0.1, 0.15) is 21.5 Å². The summed E-state index contributed by atoms with van der Waals surface area (Å²) in [6, 6.07) is 12.2. The molecule has 1 aliphatic rings. The number of amides is 1. The summed E-state index contributed by atoms with van der Waals surface area (Å²) >= 11 is 0. The number of nitrogens with zero attached hydrogens (tertiary/aromatic N) is 1. The van der Waals surface area contributed by atoms with Gasteiger partial charge in [0.05, 0.1) is 17.4 Å². The van der Waals surface area contributed by atoms with Gasteiger partial charge in [0.15, 0.2) is 9.84 Å². The van der Waals surface area contributed by atoms with Gasteiger partial charge in [-0.25, -0.2) is 8.42 Å². The van der Waals surface area contributed by atoms with Crippen molar-refractivity contribution < 1.29 is 26.4 Å². The normalized spacial score (nSPS) is 18.4. The first-order valence-corrected chi connectivity index (χ1v) is 9.80. The molecule has 2 aromatic rings. The Hall–Kier alpha value is -2.61. The Kier molecular flexibility index (Phi) is 5.10. The molecule has 4 nitrogen and oxygen atoms in total. The van der Waals surface area contributed by atoms with E-state index in [0.29, 0.717) is 0 Å². The fourth-order valence-electron chi connectivity index (χ4n) is 2.84. The Labute approximate surface area is 154 Å². The highest BCUT2D eigenvalue weighted by Crippen LogP contribution is 2.29. The van der Waals surface area contributed by atoms with Gasteiger partial charge in [0.2, 0.25) is 0 Å². The van der Waals surface area contributed by atoms with Gasteiger partial charge in [0.25, 0.3) is 5.91 Å². The molecule has 0 saturated carbocycles. The van der Waals surface area contributed by atoms with Crippen LogP contribution in [0, 0.1) is 0 Å². The summed E-state index contributed by atoms with van der Waals surface area (Å²) in [5.74, 6) is -0.772. The van der Waals surface area contributed by atoms with Gasteiger partial charge in [-0.1, -0.05) is 30.3 Å². The smallest absolute Gasteiger partial charge is 0.327 e. The minimum Gasteiger partial charge on any atom is -0.327 e. The van der Waals surface area contributed by atoms with Crippen LogP contribution in [-0.4, -0.2) is 31.0 Å². The third-order valence-corrected chi connectivity index (χ3v) is 5.61. The highest BCUT2D eigenvalue weighted by atomic mass is 32.2. The van der Waals surface area contributed by atoms with Crippen LogP contribution in [0.4, 0.5) is 13.2 Å². The van der Waals surface area contributed by atoms with E-state index in [9.17, 15) is 26.4 Å². The molecule has 0 fully saturated rings. The van der Waals surface area contributed by atoms with E-state index in [0.717, 1.165) is 35.2 Å². The summed E-state index contributed by atoms with van der Waals surface area (Å²) in [6.45, 7) is 0.144. The molecule has 0 N–H and O–H groups in total. The molecule has 0 saturated heterocycles. The Balaban J connectivity index is 1.90. The van der Waals surface area contributed by atoms with E-state index in [1.54, 1.807) is 24.3 Å². The topological polar surface area (TPSA) is 54.5 Å². The zero-order valence-corrected chi connectivity index (χ0v) is 14.9. The fraction of sp³-hybridized carbons (Fsp3) is 0.211. The lowest BCUT2D eigenvalue weighted by Crippen LogP contribution is -2.40. The second-order valence-corrected chi connectivity index (χ2v) is 8.15. The van der Waals surface area contributed by atoms with Crippen molar-refractivity contribution in [3.63, 3.8) is 0 Å². The van der Waals surface area contributed by atoms with E-state index in [4.69, 9.17) is 0 Å². The standard InChI is InChI=1S/C19H16F3NO3S/c20-19(21,22)16-8-6-15(7-9-16)18(24)23(12-14-4-2-1-3-5-14)17-10-11-27(25,26)13-17/h1-11,17H,12-13H2/t17-/m0/s1. The van der Waals surface area contributed by atoms with Gasteiger partial charge in [0, 0.05) is 17.5 Å². The summed E-state index contributed by atoms with van der Waals surface area (Å²) in [5, 5.41) is 1.07. The lowest BCUT2D eigenvalue weighted by molar-refractivity contribution is -0.137. The lowest BCUT2D eigenvalue weighted by Gasteiger charge is -2.28. The zero-order valence-electron chi connectivity index (χ0n) is 14.1. The van der Waals surface area contributed by atoms with Gasteiger partial charge < -0.3 is 4.90 Å². The average Bonchev–Trinajstić information content (AvgIpc) is 2.99. The van der Waals surface area contributed by atoms with E-state index < -0.39 is 33.5 Å². The minimum absolute atomic E-state index is 0.0663. The van der Waals surface area contributed by atoms with Crippen molar-refractivity contribution >= 4 is 15.7 Å². The predicted octanol–water partition coefficient (Wildman–Crippen LogP) is 3.66. The lowest BCUT2D eigenvalue weighted by atomic mass is 10.1. The van der Waals surface area contributed by atoms with E-state index in [-0.39, 0.29) is 17.9 Å². The Morgan fingerprint density at radius 1 is 1.04 bits per heavy atom. The SMILES string of the molecule is O=C(c1ccc(C(F)(F)F)cc1)N(Cc1ccccc1)[C@H]1C=CS(=O)(=O)C1. The van der Waals surface area contributed by atoms with Crippen LogP contribution in [-0.2, 0) is 22.6 Å². The number of halogens is 3. The van der Waals surface area contributed by atoms with E-state index in [2.05, 4.69) is 0 Å². The molecule has 142 valence electrons. The van der Waals surface area contributed by atoms with Gasteiger partial charge in [0.1, 0.15) is 0 Å². The molecular formula is C19H16F3NO3S. The van der Waals surface area contributed by atoms with Crippen LogP contribution in [0.15, 0.2) is 66.1 Å². The van der Waals surface area contributed by atoms with Crippen LogP contribution in [0.2, 0.25) is 0 Å². The Bertz CT molecular complexity index is 952. The maximum absolute atomic E-state index is 12.9. The summed E-state index contributed by atoms with van der Waals surface area (Å²) in [4.78, 5) is 14.3. The minimum atomic E-state index is -4.49. The second-order valence-electron chi connectivity index (χ2n) is 6.22. The van der Waals surface area contributed by atoms with Crippen LogP contribution < -0.4 is 0 Å². The van der Waals surface area contributed by atoms with Crippen molar-refractivity contribution in [1.29, 1.82) is 0 Å². The number of alkyl halides is 3. The van der Waals surface area contributed by atoms with Gasteiger partial charge in [-0.15, -0.1) is 0 Å². The zero-order chi connectivity index (χ0) is 19.7. The number of rotatable bonds is 4. The first kappa shape index (κ1) is 19.2. The average molecular weight is 395 g/mol. The van der Waals surface area contributed by atoms with Crippen LogP contribution in [0.25, 0.3) is 0 Å². The second kappa shape index (κ2) is 7.19. The molecule has 0 unspecified atom stereocenters. The van der Waals surface area contributed by atoms with E-state index in [1.807, 2.05) is 6.07 Å². The van der Waals surface area contributed by atoms with Crippen molar-refractivity contribution in [2.75, 3.05) is 5.75 Å². The fourth-order valence-corrected chi connectivity index (χ4v) is 4.14. The number of hydrogen-bond donors (Lipinski definition) is 0. The van der Waals surface area contributed by atoms with Crippen molar-refractivity contribution in [3.8, 4) is 0 Å². The van der Waals surface area contributed by atoms with Gasteiger partial charge in [-0.3, -0.25) is 4.79 Å². The van der Waals surface area contributed by atoms with Crippen LogP contribution in [0.3, 0.4) is 0 Å². The summed E-state index contributed by atoms with van der Waals surface area (Å²) in [5.41, 5.74) is 0.00379. The summed E-state index contributed by atoms with van der Waals surface area (Å²) in [7, 11) is -3.40. The van der Waals surface area contributed by atoms with Gasteiger partial charge in [-0.05, 0) is 35.9 Å².